The van der Waals surface area contributed by atoms with Crippen molar-refractivity contribution in [2.24, 2.45) is 5.73 Å². The van der Waals surface area contributed by atoms with Crippen molar-refractivity contribution in [3.05, 3.63) is 51.2 Å². The predicted octanol–water partition coefficient (Wildman–Crippen LogP) is 2.68. The van der Waals surface area contributed by atoms with Crippen LogP contribution in [0, 0.1) is 0 Å². The summed E-state index contributed by atoms with van der Waals surface area (Å²) in [4.78, 5) is 0.208. The Morgan fingerprint density at radius 1 is 1.35 bits per heavy atom. The summed E-state index contributed by atoms with van der Waals surface area (Å²) < 4.78 is 26.3. The maximum atomic E-state index is 12.5. The van der Waals surface area contributed by atoms with Crippen molar-refractivity contribution >= 4 is 33.0 Å². The Morgan fingerprint density at radius 3 is 2.70 bits per heavy atom. The van der Waals surface area contributed by atoms with Crippen LogP contribution >= 0.6 is 22.9 Å². The van der Waals surface area contributed by atoms with Gasteiger partial charge in [0.2, 0.25) is 10.0 Å². The molecule has 0 aliphatic carbocycles. The molecular weight excluding hydrogens is 316 g/mol. The Morgan fingerprint density at radius 2 is 2.10 bits per heavy atom. The van der Waals surface area contributed by atoms with Crippen LogP contribution in [0.25, 0.3) is 0 Å². The van der Waals surface area contributed by atoms with Crippen LogP contribution in [0.4, 0.5) is 0 Å². The topological polar surface area (TPSA) is 63.4 Å². The highest BCUT2D eigenvalue weighted by atomic mass is 35.5. The van der Waals surface area contributed by atoms with Gasteiger partial charge in [-0.15, -0.1) is 0 Å². The van der Waals surface area contributed by atoms with Crippen LogP contribution in [0.1, 0.15) is 11.1 Å². The van der Waals surface area contributed by atoms with Gasteiger partial charge in [-0.3, -0.25) is 0 Å². The molecule has 20 heavy (non-hydrogen) atoms. The van der Waals surface area contributed by atoms with Crippen LogP contribution in [0.3, 0.4) is 0 Å². The number of hydrogen-bond donors (Lipinski definition) is 1. The molecule has 0 amide bonds. The zero-order valence-electron chi connectivity index (χ0n) is 10.9. The summed E-state index contributed by atoms with van der Waals surface area (Å²) in [5.74, 6) is 0. The third-order valence-corrected chi connectivity index (χ3v) is 5.83. The van der Waals surface area contributed by atoms with Crippen LogP contribution in [0.15, 0.2) is 39.9 Å². The molecule has 0 saturated carbocycles. The molecule has 7 heteroatoms. The van der Waals surface area contributed by atoms with E-state index in [1.54, 1.807) is 24.5 Å². The number of halogens is 1. The molecule has 2 aromatic rings. The van der Waals surface area contributed by atoms with Crippen molar-refractivity contribution in [2.75, 3.05) is 7.05 Å². The first-order valence-corrected chi connectivity index (χ1v) is 8.67. The molecule has 2 N–H and O–H groups in total. The van der Waals surface area contributed by atoms with Crippen molar-refractivity contribution in [2.45, 2.75) is 18.0 Å². The molecule has 0 radical (unpaired) electrons. The highest BCUT2D eigenvalue weighted by molar-refractivity contribution is 7.89. The molecule has 1 heterocycles. The predicted molar refractivity (Wildman–Crippen MR) is 82.3 cm³/mol. The van der Waals surface area contributed by atoms with E-state index in [2.05, 4.69) is 0 Å². The van der Waals surface area contributed by atoms with E-state index in [1.807, 2.05) is 16.8 Å². The van der Waals surface area contributed by atoms with E-state index in [-0.39, 0.29) is 11.4 Å². The Bertz CT molecular complexity index is 684. The maximum Gasteiger partial charge on any atom is 0.243 e. The summed E-state index contributed by atoms with van der Waals surface area (Å²) in [5.41, 5.74) is 7.15. The van der Waals surface area contributed by atoms with Gasteiger partial charge in [0.15, 0.2) is 0 Å². The second kappa shape index (κ2) is 6.24. The Kier molecular flexibility index (Phi) is 4.82. The van der Waals surface area contributed by atoms with Crippen molar-refractivity contribution in [3.63, 3.8) is 0 Å². The van der Waals surface area contributed by atoms with Crippen molar-refractivity contribution in [1.82, 2.24) is 4.31 Å². The lowest BCUT2D eigenvalue weighted by Crippen LogP contribution is -2.26. The molecule has 2 rings (SSSR count). The summed E-state index contributed by atoms with van der Waals surface area (Å²) in [5, 5.41) is 4.33. The van der Waals surface area contributed by atoms with Crippen LogP contribution in [-0.2, 0) is 23.1 Å². The zero-order valence-corrected chi connectivity index (χ0v) is 13.3. The van der Waals surface area contributed by atoms with Gasteiger partial charge in [0, 0.05) is 25.2 Å². The minimum absolute atomic E-state index is 0.205. The van der Waals surface area contributed by atoms with E-state index in [4.69, 9.17) is 17.3 Å². The normalized spacial score (nSPS) is 12.0. The highest BCUT2D eigenvalue weighted by Crippen LogP contribution is 2.23. The van der Waals surface area contributed by atoms with Crippen LogP contribution in [0.2, 0.25) is 5.02 Å². The summed E-state index contributed by atoms with van der Waals surface area (Å²) in [6.45, 7) is 0.545. The number of nitrogens with zero attached hydrogens (tertiary/aromatic N) is 1. The summed E-state index contributed by atoms with van der Waals surface area (Å²) in [6.07, 6.45) is 0. The minimum atomic E-state index is -3.54. The molecule has 0 saturated heterocycles. The molecule has 108 valence electrons. The fraction of sp³-hybridized carbons (Fsp3) is 0.231. The fourth-order valence-electron chi connectivity index (χ4n) is 1.77. The number of rotatable bonds is 5. The third-order valence-electron chi connectivity index (χ3n) is 2.93. The van der Waals surface area contributed by atoms with Gasteiger partial charge in [-0.2, -0.15) is 15.6 Å². The smallest absolute Gasteiger partial charge is 0.243 e. The SMILES string of the molecule is CN(Cc1ccsc1)S(=O)(=O)c1ccc(Cl)c(CN)c1. The molecule has 0 fully saturated rings. The molecule has 0 bridgehead atoms. The van der Waals surface area contributed by atoms with Gasteiger partial charge in [0.05, 0.1) is 4.90 Å². The van der Waals surface area contributed by atoms with E-state index < -0.39 is 10.0 Å². The van der Waals surface area contributed by atoms with Gasteiger partial charge in [0.1, 0.15) is 0 Å². The molecule has 1 aromatic heterocycles. The lowest BCUT2D eigenvalue weighted by Gasteiger charge is -2.17. The standard InChI is InChI=1S/C13H15ClN2O2S2/c1-16(8-10-4-5-19-9-10)20(17,18)12-2-3-13(14)11(6-12)7-15/h2-6,9H,7-8,15H2,1H3. The molecule has 0 aliphatic heterocycles. The molecule has 0 spiro atoms. The van der Waals surface area contributed by atoms with E-state index >= 15 is 0 Å². The molecule has 0 atom stereocenters. The fourth-order valence-corrected chi connectivity index (χ4v) is 3.84. The molecule has 1 aromatic carbocycles. The highest BCUT2D eigenvalue weighted by Gasteiger charge is 2.21. The minimum Gasteiger partial charge on any atom is -0.326 e. The molecule has 0 aliphatic rings. The number of benzene rings is 1. The first-order valence-electron chi connectivity index (χ1n) is 5.91. The van der Waals surface area contributed by atoms with Gasteiger partial charge in [-0.1, -0.05) is 11.6 Å². The van der Waals surface area contributed by atoms with E-state index in [1.165, 1.54) is 16.4 Å². The number of hydrogen-bond acceptors (Lipinski definition) is 4. The van der Waals surface area contributed by atoms with Gasteiger partial charge in [-0.25, -0.2) is 8.42 Å². The molecular formula is C13H15ClN2O2S2. The molecule has 0 unspecified atom stereocenters. The molecule has 4 nitrogen and oxygen atoms in total. The van der Waals surface area contributed by atoms with Crippen molar-refractivity contribution in [3.8, 4) is 0 Å². The van der Waals surface area contributed by atoms with Gasteiger partial charge in [0.25, 0.3) is 0 Å². The number of thiophene rings is 1. The summed E-state index contributed by atoms with van der Waals surface area (Å²) in [6, 6.07) is 6.50. The first kappa shape index (κ1) is 15.5. The van der Waals surface area contributed by atoms with Crippen molar-refractivity contribution < 1.29 is 8.42 Å². The second-order valence-electron chi connectivity index (χ2n) is 4.35. The lowest BCUT2D eigenvalue weighted by molar-refractivity contribution is 0.467. The quantitative estimate of drug-likeness (QED) is 0.916. The Balaban J connectivity index is 2.29. The van der Waals surface area contributed by atoms with Crippen LogP contribution in [-0.4, -0.2) is 19.8 Å². The summed E-state index contributed by atoms with van der Waals surface area (Å²) in [7, 11) is -1.98. The number of nitrogens with two attached hydrogens (primary N) is 1. The lowest BCUT2D eigenvalue weighted by atomic mass is 10.2. The van der Waals surface area contributed by atoms with Gasteiger partial charge < -0.3 is 5.73 Å². The van der Waals surface area contributed by atoms with Gasteiger partial charge >= 0.3 is 0 Å². The van der Waals surface area contributed by atoms with Crippen molar-refractivity contribution in [1.29, 1.82) is 0 Å². The van der Waals surface area contributed by atoms with Crippen LogP contribution in [0.5, 0.6) is 0 Å². The van der Waals surface area contributed by atoms with Crippen LogP contribution < -0.4 is 5.73 Å². The Hall–Kier alpha value is -0.920. The van der Waals surface area contributed by atoms with Gasteiger partial charge in [-0.05, 0) is 46.2 Å². The maximum absolute atomic E-state index is 12.5. The zero-order chi connectivity index (χ0) is 14.8. The second-order valence-corrected chi connectivity index (χ2v) is 7.58. The summed E-state index contributed by atoms with van der Waals surface area (Å²) >= 11 is 7.49. The average Bonchev–Trinajstić information content (AvgIpc) is 2.91. The Labute approximate surface area is 127 Å². The van der Waals surface area contributed by atoms with E-state index in [0.29, 0.717) is 17.1 Å². The van der Waals surface area contributed by atoms with E-state index in [0.717, 1.165) is 5.56 Å². The van der Waals surface area contributed by atoms with E-state index in [9.17, 15) is 8.42 Å². The largest absolute Gasteiger partial charge is 0.326 e. The first-order chi connectivity index (χ1) is 9.45. The number of sulfonamides is 1. The third kappa shape index (κ3) is 3.21. The average molecular weight is 331 g/mol. The monoisotopic (exact) mass is 330 g/mol.